The highest BCUT2D eigenvalue weighted by atomic mass is 15.0. The zero-order valence-electron chi connectivity index (χ0n) is 15.6. The summed E-state index contributed by atoms with van der Waals surface area (Å²) in [6.45, 7) is 14.3. The number of allylic oxidation sites excluding steroid dienone is 2. The summed E-state index contributed by atoms with van der Waals surface area (Å²) in [4.78, 5) is 0. The predicted octanol–water partition coefficient (Wildman–Crippen LogP) is 5.45. The quantitative estimate of drug-likeness (QED) is 0.592. The van der Waals surface area contributed by atoms with Crippen molar-refractivity contribution in [3.8, 4) is 5.69 Å². The molecule has 0 amide bonds. The minimum atomic E-state index is 1.02. The van der Waals surface area contributed by atoms with Gasteiger partial charge in [0.15, 0.2) is 0 Å². The van der Waals surface area contributed by atoms with Crippen molar-refractivity contribution in [1.29, 1.82) is 0 Å². The third kappa shape index (κ3) is 4.05. The zero-order valence-corrected chi connectivity index (χ0v) is 15.6. The predicted molar refractivity (Wildman–Crippen MR) is 110 cm³/mol. The Hall–Kier alpha value is -2.54. The van der Waals surface area contributed by atoms with E-state index in [1.807, 2.05) is 46.8 Å². The maximum Gasteiger partial charge on any atom is 0.0540 e. The van der Waals surface area contributed by atoms with Crippen LogP contribution in [0.5, 0.6) is 0 Å². The summed E-state index contributed by atoms with van der Waals surface area (Å²) in [6, 6.07) is 18.8. The monoisotopic (exact) mass is 319 g/mol. The van der Waals surface area contributed by atoms with Crippen LogP contribution in [0.1, 0.15) is 34.6 Å². The van der Waals surface area contributed by atoms with Gasteiger partial charge >= 0.3 is 0 Å². The molecule has 3 aromatic rings. The SMILES string of the molecule is C=c1/c(=C\C=C/C)c2ccccc2n1-c1ccccc1.CC.CC. The van der Waals surface area contributed by atoms with E-state index in [2.05, 4.69) is 71.8 Å². The van der Waals surface area contributed by atoms with Crippen LogP contribution in [0.4, 0.5) is 0 Å². The van der Waals surface area contributed by atoms with E-state index in [4.69, 9.17) is 0 Å². The first-order valence-electron chi connectivity index (χ1n) is 8.80. The molecule has 0 aliphatic carbocycles. The number of hydrogen-bond donors (Lipinski definition) is 0. The first-order valence-corrected chi connectivity index (χ1v) is 8.80. The normalized spacial score (nSPS) is 11.0. The van der Waals surface area contributed by atoms with E-state index in [0.717, 1.165) is 11.0 Å². The van der Waals surface area contributed by atoms with Crippen LogP contribution in [-0.2, 0) is 0 Å². The molecule has 0 unspecified atom stereocenters. The second-order valence-electron chi connectivity index (χ2n) is 4.74. The van der Waals surface area contributed by atoms with E-state index < -0.39 is 0 Å². The van der Waals surface area contributed by atoms with Crippen LogP contribution in [0.3, 0.4) is 0 Å². The van der Waals surface area contributed by atoms with Gasteiger partial charge < -0.3 is 4.57 Å². The Labute approximate surface area is 146 Å². The minimum Gasteiger partial charge on any atom is -0.310 e. The highest BCUT2D eigenvalue weighted by Crippen LogP contribution is 2.14. The molecular formula is C23H29N. The zero-order chi connectivity index (χ0) is 17.9. The highest BCUT2D eigenvalue weighted by molar-refractivity contribution is 5.84. The van der Waals surface area contributed by atoms with Crippen molar-refractivity contribution >= 4 is 23.6 Å². The van der Waals surface area contributed by atoms with Gasteiger partial charge in [0.2, 0.25) is 0 Å². The van der Waals surface area contributed by atoms with Crippen molar-refractivity contribution in [3.05, 3.63) is 77.3 Å². The van der Waals surface area contributed by atoms with Gasteiger partial charge in [0.05, 0.1) is 5.52 Å². The number of benzene rings is 2. The Kier molecular flexibility index (Phi) is 8.35. The fraction of sp³-hybridized carbons (Fsp3) is 0.217. The first-order chi connectivity index (χ1) is 11.8. The van der Waals surface area contributed by atoms with Crippen LogP contribution in [-0.4, -0.2) is 4.57 Å². The summed E-state index contributed by atoms with van der Waals surface area (Å²) in [7, 11) is 0. The number of aromatic nitrogens is 1. The van der Waals surface area contributed by atoms with Gasteiger partial charge in [0, 0.05) is 21.6 Å². The lowest BCUT2D eigenvalue weighted by Gasteiger charge is -2.05. The topological polar surface area (TPSA) is 4.93 Å². The number of para-hydroxylation sites is 2. The molecule has 0 saturated carbocycles. The molecule has 0 aliphatic rings. The van der Waals surface area contributed by atoms with Gasteiger partial charge in [-0.2, -0.15) is 0 Å². The van der Waals surface area contributed by atoms with Crippen LogP contribution in [0.2, 0.25) is 0 Å². The fourth-order valence-electron chi connectivity index (χ4n) is 2.57. The average Bonchev–Trinajstić information content (AvgIpc) is 2.95. The second kappa shape index (κ2) is 10.3. The van der Waals surface area contributed by atoms with Crippen molar-refractivity contribution < 1.29 is 0 Å². The molecule has 1 aromatic heterocycles. The Balaban J connectivity index is 0.000000671. The maximum absolute atomic E-state index is 4.28. The molecule has 2 aromatic carbocycles. The minimum absolute atomic E-state index is 1.02. The smallest absolute Gasteiger partial charge is 0.0540 e. The van der Waals surface area contributed by atoms with Crippen molar-refractivity contribution in [2.24, 2.45) is 0 Å². The molecule has 1 nitrogen and oxygen atoms in total. The van der Waals surface area contributed by atoms with Crippen LogP contribution in [0.15, 0.2) is 66.7 Å². The van der Waals surface area contributed by atoms with Crippen LogP contribution >= 0.6 is 0 Å². The summed E-state index contributed by atoms with van der Waals surface area (Å²) in [5, 5.41) is 3.44. The van der Waals surface area contributed by atoms with Gasteiger partial charge in [-0.25, -0.2) is 0 Å². The molecule has 0 atom stereocenters. The number of rotatable bonds is 2. The van der Waals surface area contributed by atoms with Gasteiger partial charge in [-0.15, -0.1) is 0 Å². The molecule has 0 bridgehead atoms. The van der Waals surface area contributed by atoms with E-state index in [1.54, 1.807) is 0 Å². The van der Waals surface area contributed by atoms with Crippen LogP contribution < -0.4 is 10.6 Å². The van der Waals surface area contributed by atoms with Crippen LogP contribution in [0, 0.1) is 0 Å². The standard InChI is InChI=1S/C19H17N.2C2H6/c1-3-4-12-17-15(2)20(16-10-6-5-7-11-16)19-14-9-8-13-18(17)19;2*1-2/h3-14H,2H2,1H3;2*1-2H3/b4-3-,17-12+;;. The van der Waals surface area contributed by atoms with Gasteiger partial charge in [-0.3, -0.25) is 0 Å². The van der Waals surface area contributed by atoms with Gasteiger partial charge in [-0.1, -0.05) is 88.9 Å². The molecule has 126 valence electrons. The van der Waals surface area contributed by atoms with Crippen molar-refractivity contribution in [3.63, 3.8) is 0 Å². The third-order valence-corrected chi connectivity index (χ3v) is 3.49. The largest absolute Gasteiger partial charge is 0.310 e. The van der Waals surface area contributed by atoms with Crippen LogP contribution in [0.25, 0.3) is 29.2 Å². The molecule has 0 fully saturated rings. The lowest BCUT2D eigenvalue weighted by Crippen LogP contribution is -2.26. The lowest BCUT2D eigenvalue weighted by atomic mass is 10.2. The molecule has 0 radical (unpaired) electrons. The summed E-state index contributed by atoms with van der Waals surface area (Å²) >= 11 is 0. The number of nitrogens with zero attached hydrogens (tertiary/aromatic N) is 1. The Morgan fingerprint density at radius 3 is 2.04 bits per heavy atom. The average molecular weight is 319 g/mol. The molecule has 3 rings (SSSR count). The maximum atomic E-state index is 4.28. The second-order valence-corrected chi connectivity index (χ2v) is 4.74. The summed E-state index contributed by atoms with van der Waals surface area (Å²) < 4.78 is 2.21. The van der Waals surface area contributed by atoms with Gasteiger partial charge in [0.1, 0.15) is 0 Å². The Morgan fingerprint density at radius 2 is 1.42 bits per heavy atom. The molecular weight excluding hydrogens is 290 g/mol. The van der Waals surface area contributed by atoms with E-state index in [9.17, 15) is 0 Å². The number of fused-ring (bicyclic) bond motifs is 1. The highest BCUT2D eigenvalue weighted by Gasteiger charge is 2.06. The molecule has 0 N–H and O–H groups in total. The summed E-state index contributed by atoms with van der Waals surface area (Å²) in [5.41, 5.74) is 2.34. The van der Waals surface area contributed by atoms with Gasteiger partial charge in [0.25, 0.3) is 0 Å². The molecule has 0 spiro atoms. The van der Waals surface area contributed by atoms with E-state index in [1.165, 1.54) is 16.1 Å². The van der Waals surface area contributed by atoms with Gasteiger partial charge in [-0.05, 0) is 25.1 Å². The third-order valence-electron chi connectivity index (χ3n) is 3.49. The van der Waals surface area contributed by atoms with E-state index >= 15 is 0 Å². The van der Waals surface area contributed by atoms with Crippen molar-refractivity contribution in [2.45, 2.75) is 34.6 Å². The summed E-state index contributed by atoms with van der Waals surface area (Å²) in [6.07, 6.45) is 6.23. The molecule has 24 heavy (non-hydrogen) atoms. The van der Waals surface area contributed by atoms with Crippen molar-refractivity contribution in [1.82, 2.24) is 4.57 Å². The molecule has 1 heteroatoms. The van der Waals surface area contributed by atoms with Crippen molar-refractivity contribution in [2.75, 3.05) is 0 Å². The Bertz CT molecular complexity index is 868. The number of hydrogen-bond acceptors (Lipinski definition) is 0. The van der Waals surface area contributed by atoms with E-state index in [-0.39, 0.29) is 0 Å². The fourth-order valence-corrected chi connectivity index (χ4v) is 2.57. The molecule has 0 aliphatic heterocycles. The molecule has 1 heterocycles. The van der Waals surface area contributed by atoms with E-state index in [0.29, 0.717) is 0 Å². The molecule has 0 saturated heterocycles. The summed E-state index contributed by atoms with van der Waals surface area (Å²) in [5.74, 6) is 0. The first kappa shape index (κ1) is 19.5. The Morgan fingerprint density at radius 1 is 0.833 bits per heavy atom. The lowest BCUT2D eigenvalue weighted by molar-refractivity contribution is 1.07.